The molecular formula is C18H26N6O. The van der Waals surface area contributed by atoms with Crippen LogP contribution in [0.3, 0.4) is 0 Å². The highest BCUT2D eigenvalue weighted by Crippen LogP contribution is 2.42. The molecule has 0 amide bonds. The second kappa shape index (κ2) is 7.23. The van der Waals surface area contributed by atoms with Gasteiger partial charge in [-0.15, -0.1) is 0 Å². The molecule has 7 heteroatoms. The Balaban J connectivity index is 1.63. The van der Waals surface area contributed by atoms with E-state index in [2.05, 4.69) is 45.5 Å². The number of methoxy groups -OCH3 is 1. The van der Waals surface area contributed by atoms with Crippen molar-refractivity contribution in [1.29, 1.82) is 0 Å². The molecule has 2 aromatic heterocycles. The molecule has 134 valence electrons. The number of guanidine groups is 1. The molecule has 2 unspecified atom stereocenters. The fourth-order valence-electron chi connectivity index (χ4n) is 3.25. The van der Waals surface area contributed by atoms with E-state index < -0.39 is 0 Å². The maximum absolute atomic E-state index is 5.52. The Morgan fingerprint density at radius 1 is 1.44 bits per heavy atom. The van der Waals surface area contributed by atoms with Crippen LogP contribution in [0.1, 0.15) is 25.8 Å². The SMILES string of the molecule is CN=C(NCc1cccnc1-n1ccnc1)NC1CC(OC)C1(C)C. The van der Waals surface area contributed by atoms with Crippen LogP contribution in [0.25, 0.3) is 5.82 Å². The van der Waals surface area contributed by atoms with E-state index in [9.17, 15) is 0 Å². The summed E-state index contributed by atoms with van der Waals surface area (Å²) in [4.78, 5) is 12.9. The van der Waals surface area contributed by atoms with Gasteiger partial charge in [0.15, 0.2) is 5.96 Å². The van der Waals surface area contributed by atoms with Crippen molar-refractivity contribution in [2.24, 2.45) is 10.4 Å². The lowest BCUT2D eigenvalue weighted by atomic mass is 9.64. The lowest BCUT2D eigenvalue weighted by Gasteiger charge is -2.51. The number of nitrogens with zero attached hydrogens (tertiary/aromatic N) is 4. The van der Waals surface area contributed by atoms with Crippen LogP contribution in [-0.4, -0.2) is 46.8 Å². The number of aliphatic imine (C=N–C) groups is 1. The second-order valence-electron chi connectivity index (χ2n) is 6.86. The van der Waals surface area contributed by atoms with Crippen molar-refractivity contribution in [3.05, 3.63) is 42.6 Å². The average molecular weight is 342 g/mol. The number of aromatic nitrogens is 3. The molecule has 2 aromatic rings. The van der Waals surface area contributed by atoms with Gasteiger partial charge in [0.2, 0.25) is 0 Å². The van der Waals surface area contributed by atoms with Crippen LogP contribution in [0.2, 0.25) is 0 Å². The molecule has 2 atom stereocenters. The number of hydrogen-bond donors (Lipinski definition) is 2. The van der Waals surface area contributed by atoms with Crippen molar-refractivity contribution in [1.82, 2.24) is 25.2 Å². The lowest BCUT2D eigenvalue weighted by molar-refractivity contribution is -0.0922. The summed E-state index contributed by atoms with van der Waals surface area (Å²) >= 11 is 0. The molecule has 3 rings (SSSR count). The van der Waals surface area contributed by atoms with Crippen molar-refractivity contribution in [2.75, 3.05) is 14.2 Å². The van der Waals surface area contributed by atoms with Gasteiger partial charge in [-0.3, -0.25) is 9.56 Å². The van der Waals surface area contributed by atoms with Crippen LogP contribution in [0.4, 0.5) is 0 Å². The van der Waals surface area contributed by atoms with Gasteiger partial charge in [0, 0.05) is 56.3 Å². The third-order valence-electron chi connectivity index (χ3n) is 5.06. The van der Waals surface area contributed by atoms with E-state index in [1.54, 1.807) is 32.9 Å². The topological polar surface area (TPSA) is 76.4 Å². The van der Waals surface area contributed by atoms with Gasteiger partial charge >= 0.3 is 0 Å². The van der Waals surface area contributed by atoms with Crippen molar-refractivity contribution < 1.29 is 4.74 Å². The average Bonchev–Trinajstić information content (AvgIpc) is 3.15. The van der Waals surface area contributed by atoms with E-state index in [1.165, 1.54) is 0 Å². The Hall–Kier alpha value is -2.41. The number of ether oxygens (including phenoxy) is 1. The monoisotopic (exact) mass is 342 g/mol. The lowest BCUT2D eigenvalue weighted by Crippen LogP contribution is -2.63. The summed E-state index contributed by atoms with van der Waals surface area (Å²) in [5.74, 6) is 1.65. The normalized spacial score (nSPS) is 22.3. The first-order valence-corrected chi connectivity index (χ1v) is 8.48. The molecule has 1 aliphatic rings. The smallest absolute Gasteiger partial charge is 0.191 e. The molecule has 25 heavy (non-hydrogen) atoms. The van der Waals surface area contributed by atoms with Gasteiger partial charge in [-0.05, 0) is 12.5 Å². The Kier molecular flexibility index (Phi) is 5.03. The Morgan fingerprint density at radius 2 is 2.28 bits per heavy atom. The quantitative estimate of drug-likeness (QED) is 0.639. The standard InChI is InChI=1S/C18H26N6O/c1-18(2)14(10-15(18)25-4)23-17(19-3)22-11-13-6-5-7-21-16(13)24-9-8-20-12-24/h5-9,12,14-15H,10-11H2,1-4H3,(H2,19,22,23). The summed E-state index contributed by atoms with van der Waals surface area (Å²) in [6.07, 6.45) is 8.44. The van der Waals surface area contributed by atoms with E-state index in [4.69, 9.17) is 4.74 Å². The van der Waals surface area contributed by atoms with Crippen molar-refractivity contribution >= 4 is 5.96 Å². The van der Waals surface area contributed by atoms with Gasteiger partial charge in [0.1, 0.15) is 12.1 Å². The summed E-state index contributed by atoms with van der Waals surface area (Å²) < 4.78 is 7.42. The maximum atomic E-state index is 5.52. The predicted octanol–water partition coefficient (Wildman–Crippen LogP) is 1.75. The van der Waals surface area contributed by atoms with Crippen LogP contribution in [0, 0.1) is 5.41 Å². The summed E-state index contributed by atoms with van der Waals surface area (Å²) in [5, 5.41) is 6.88. The molecule has 1 saturated carbocycles. The predicted molar refractivity (Wildman–Crippen MR) is 97.7 cm³/mol. The van der Waals surface area contributed by atoms with Crippen molar-refractivity contribution in [3.8, 4) is 5.82 Å². The summed E-state index contributed by atoms with van der Waals surface area (Å²) in [5.41, 5.74) is 1.16. The molecule has 2 N–H and O–H groups in total. The second-order valence-corrected chi connectivity index (χ2v) is 6.86. The van der Waals surface area contributed by atoms with Crippen LogP contribution in [-0.2, 0) is 11.3 Å². The van der Waals surface area contributed by atoms with Crippen molar-refractivity contribution in [2.45, 2.75) is 39.0 Å². The van der Waals surface area contributed by atoms with E-state index in [-0.39, 0.29) is 11.5 Å². The van der Waals surface area contributed by atoms with Gasteiger partial charge in [0.25, 0.3) is 0 Å². The number of nitrogens with one attached hydrogen (secondary N) is 2. The van der Waals surface area contributed by atoms with Crippen LogP contribution in [0.5, 0.6) is 0 Å². The van der Waals surface area contributed by atoms with Crippen molar-refractivity contribution in [3.63, 3.8) is 0 Å². The third-order valence-corrected chi connectivity index (χ3v) is 5.06. The van der Waals surface area contributed by atoms with E-state index in [0.717, 1.165) is 23.8 Å². The first-order valence-electron chi connectivity index (χ1n) is 8.48. The number of rotatable bonds is 5. The molecule has 7 nitrogen and oxygen atoms in total. The van der Waals surface area contributed by atoms with E-state index in [0.29, 0.717) is 12.6 Å². The molecule has 0 saturated heterocycles. The summed E-state index contributed by atoms with van der Waals surface area (Å²) in [6, 6.07) is 4.33. The molecule has 0 aliphatic heterocycles. The minimum Gasteiger partial charge on any atom is -0.381 e. The minimum atomic E-state index is 0.0860. The molecule has 0 bridgehead atoms. The molecule has 1 fully saturated rings. The van der Waals surface area contributed by atoms with Crippen LogP contribution < -0.4 is 10.6 Å². The molecule has 1 aliphatic carbocycles. The first-order chi connectivity index (χ1) is 12.1. The zero-order valence-corrected chi connectivity index (χ0v) is 15.2. The highest BCUT2D eigenvalue weighted by Gasteiger charge is 2.48. The number of hydrogen-bond acceptors (Lipinski definition) is 4. The minimum absolute atomic E-state index is 0.0860. The first kappa shape index (κ1) is 17.4. The van der Waals surface area contributed by atoms with Gasteiger partial charge in [-0.1, -0.05) is 19.9 Å². The maximum Gasteiger partial charge on any atom is 0.191 e. The van der Waals surface area contributed by atoms with Crippen LogP contribution >= 0.6 is 0 Å². The Bertz CT molecular complexity index is 725. The zero-order valence-electron chi connectivity index (χ0n) is 15.2. The molecule has 0 spiro atoms. The fraction of sp³-hybridized carbons (Fsp3) is 0.500. The van der Waals surface area contributed by atoms with Gasteiger partial charge in [0.05, 0.1) is 6.10 Å². The Labute approximate surface area is 148 Å². The fourth-order valence-corrected chi connectivity index (χ4v) is 3.25. The van der Waals surface area contributed by atoms with E-state index >= 15 is 0 Å². The summed E-state index contributed by atoms with van der Waals surface area (Å²) in [6.45, 7) is 5.06. The highest BCUT2D eigenvalue weighted by atomic mass is 16.5. The van der Waals surface area contributed by atoms with Crippen LogP contribution in [0.15, 0.2) is 42.0 Å². The largest absolute Gasteiger partial charge is 0.381 e. The van der Waals surface area contributed by atoms with Gasteiger partial charge in [-0.25, -0.2) is 9.97 Å². The zero-order chi connectivity index (χ0) is 17.9. The highest BCUT2D eigenvalue weighted by molar-refractivity contribution is 5.80. The van der Waals surface area contributed by atoms with Gasteiger partial charge < -0.3 is 15.4 Å². The van der Waals surface area contributed by atoms with E-state index in [1.807, 2.05) is 16.8 Å². The molecule has 0 radical (unpaired) electrons. The number of pyridine rings is 1. The molecule has 2 heterocycles. The molecular weight excluding hydrogens is 316 g/mol. The van der Waals surface area contributed by atoms with Gasteiger partial charge in [-0.2, -0.15) is 0 Å². The molecule has 0 aromatic carbocycles. The third kappa shape index (κ3) is 3.51. The Morgan fingerprint density at radius 3 is 2.92 bits per heavy atom. The summed E-state index contributed by atoms with van der Waals surface area (Å²) in [7, 11) is 3.56. The number of imidazole rings is 1.